The summed E-state index contributed by atoms with van der Waals surface area (Å²) in [7, 11) is 0. The van der Waals surface area contributed by atoms with E-state index in [4.69, 9.17) is 5.73 Å². The van der Waals surface area contributed by atoms with Gasteiger partial charge in [0, 0.05) is 13.1 Å². The van der Waals surface area contributed by atoms with Gasteiger partial charge in [-0.25, -0.2) is 0 Å². The van der Waals surface area contributed by atoms with Crippen LogP contribution >= 0.6 is 0 Å². The molecule has 0 radical (unpaired) electrons. The first-order valence-corrected chi connectivity index (χ1v) is 6.27. The summed E-state index contributed by atoms with van der Waals surface area (Å²) in [4.78, 5) is 29.4. The van der Waals surface area contributed by atoms with Crippen molar-refractivity contribution in [2.24, 2.45) is 0 Å². The molecule has 6 heteroatoms. The molecule has 0 atom stereocenters. The first-order valence-electron chi connectivity index (χ1n) is 6.27. The standard InChI is InChI=1S/C13H20N4O2/c1-4-17(5-2)12(18)8-16-13(19)11-6-10(14)7-15-9(11)3/h6-7H,4-5,8,14H2,1-3H3,(H,16,19). The van der Waals surface area contributed by atoms with E-state index in [1.807, 2.05) is 13.8 Å². The summed E-state index contributed by atoms with van der Waals surface area (Å²) in [6, 6.07) is 1.56. The molecule has 0 spiro atoms. The molecule has 19 heavy (non-hydrogen) atoms. The van der Waals surface area contributed by atoms with E-state index in [0.717, 1.165) is 0 Å². The van der Waals surface area contributed by atoms with E-state index < -0.39 is 0 Å². The average molecular weight is 264 g/mol. The minimum absolute atomic E-state index is 0.0191. The van der Waals surface area contributed by atoms with Gasteiger partial charge in [0.1, 0.15) is 0 Å². The summed E-state index contributed by atoms with van der Waals surface area (Å²) in [6.45, 7) is 6.76. The molecule has 0 fully saturated rings. The van der Waals surface area contributed by atoms with Crippen molar-refractivity contribution in [3.05, 3.63) is 23.5 Å². The molecule has 6 nitrogen and oxygen atoms in total. The second-order valence-electron chi connectivity index (χ2n) is 4.15. The molecule has 0 aliphatic heterocycles. The van der Waals surface area contributed by atoms with Gasteiger partial charge in [0.25, 0.3) is 5.91 Å². The summed E-state index contributed by atoms with van der Waals surface area (Å²) in [6.07, 6.45) is 1.49. The Hall–Kier alpha value is -2.11. The highest BCUT2D eigenvalue weighted by Crippen LogP contribution is 2.09. The fourth-order valence-electron chi connectivity index (χ4n) is 1.72. The molecule has 104 valence electrons. The summed E-state index contributed by atoms with van der Waals surface area (Å²) >= 11 is 0. The molecule has 0 unspecified atom stereocenters. The second kappa shape index (κ2) is 6.72. The Balaban J connectivity index is 2.65. The molecule has 1 aromatic heterocycles. The molecular formula is C13H20N4O2. The van der Waals surface area contributed by atoms with E-state index in [0.29, 0.717) is 30.0 Å². The molecule has 1 heterocycles. The number of aryl methyl sites for hydroxylation is 1. The van der Waals surface area contributed by atoms with E-state index in [1.165, 1.54) is 6.20 Å². The third-order valence-corrected chi connectivity index (χ3v) is 2.87. The van der Waals surface area contributed by atoms with Gasteiger partial charge in [0.15, 0.2) is 0 Å². The molecule has 0 saturated heterocycles. The van der Waals surface area contributed by atoms with Crippen LogP contribution in [-0.2, 0) is 4.79 Å². The first-order chi connectivity index (χ1) is 8.99. The fourth-order valence-corrected chi connectivity index (χ4v) is 1.72. The lowest BCUT2D eigenvalue weighted by Gasteiger charge is -2.18. The van der Waals surface area contributed by atoms with Gasteiger partial charge in [0.2, 0.25) is 5.91 Å². The third kappa shape index (κ3) is 3.94. The molecule has 1 rings (SSSR count). The maximum atomic E-state index is 11.9. The molecule has 0 aliphatic carbocycles. The maximum absolute atomic E-state index is 11.9. The zero-order valence-electron chi connectivity index (χ0n) is 11.6. The Kier molecular flexibility index (Phi) is 5.29. The molecular weight excluding hydrogens is 244 g/mol. The maximum Gasteiger partial charge on any atom is 0.253 e. The normalized spacial score (nSPS) is 10.1. The third-order valence-electron chi connectivity index (χ3n) is 2.87. The number of nitrogens with two attached hydrogens (primary N) is 1. The van der Waals surface area contributed by atoms with Crippen LogP contribution in [0.2, 0.25) is 0 Å². The lowest BCUT2D eigenvalue weighted by atomic mass is 10.2. The number of carbonyl (C=O) groups excluding carboxylic acids is 2. The largest absolute Gasteiger partial charge is 0.397 e. The summed E-state index contributed by atoms with van der Waals surface area (Å²) in [5.74, 6) is -0.439. The van der Waals surface area contributed by atoms with Crippen LogP contribution in [0.1, 0.15) is 29.9 Å². The second-order valence-corrected chi connectivity index (χ2v) is 4.15. The van der Waals surface area contributed by atoms with Crippen LogP contribution in [0.5, 0.6) is 0 Å². The van der Waals surface area contributed by atoms with E-state index in [9.17, 15) is 9.59 Å². The van der Waals surface area contributed by atoms with E-state index in [2.05, 4.69) is 10.3 Å². The van der Waals surface area contributed by atoms with Gasteiger partial charge >= 0.3 is 0 Å². The monoisotopic (exact) mass is 264 g/mol. The molecule has 3 N–H and O–H groups in total. The van der Waals surface area contributed by atoms with Crippen molar-refractivity contribution in [2.75, 3.05) is 25.4 Å². The van der Waals surface area contributed by atoms with Crippen molar-refractivity contribution in [1.29, 1.82) is 0 Å². The van der Waals surface area contributed by atoms with Crippen molar-refractivity contribution >= 4 is 17.5 Å². The van der Waals surface area contributed by atoms with Crippen molar-refractivity contribution in [3.63, 3.8) is 0 Å². The zero-order chi connectivity index (χ0) is 14.4. The van der Waals surface area contributed by atoms with Crippen LogP contribution in [0.4, 0.5) is 5.69 Å². The van der Waals surface area contributed by atoms with Crippen LogP contribution in [0.25, 0.3) is 0 Å². The number of hydrogen-bond donors (Lipinski definition) is 2. The van der Waals surface area contributed by atoms with Crippen LogP contribution in [0.3, 0.4) is 0 Å². The van der Waals surface area contributed by atoms with Crippen molar-refractivity contribution in [2.45, 2.75) is 20.8 Å². The van der Waals surface area contributed by atoms with Crippen LogP contribution in [0, 0.1) is 6.92 Å². The van der Waals surface area contributed by atoms with Crippen LogP contribution < -0.4 is 11.1 Å². The van der Waals surface area contributed by atoms with Gasteiger partial charge in [-0.1, -0.05) is 0 Å². The van der Waals surface area contributed by atoms with Gasteiger partial charge < -0.3 is 16.0 Å². The topological polar surface area (TPSA) is 88.3 Å². The number of nitrogen functional groups attached to an aromatic ring is 1. The quantitative estimate of drug-likeness (QED) is 0.813. The Morgan fingerprint density at radius 3 is 2.58 bits per heavy atom. The summed E-state index contributed by atoms with van der Waals surface area (Å²) < 4.78 is 0. The Bertz CT molecular complexity index is 470. The lowest BCUT2D eigenvalue weighted by Crippen LogP contribution is -2.40. The predicted octanol–water partition coefficient (Wildman–Crippen LogP) is 0.570. The average Bonchev–Trinajstić information content (AvgIpc) is 2.40. The molecule has 0 saturated carbocycles. The minimum Gasteiger partial charge on any atom is -0.397 e. The number of aromatic nitrogens is 1. The first kappa shape index (κ1) is 14.9. The van der Waals surface area contributed by atoms with Crippen molar-refractivity contribution in [1.82, 2.24) is 15.2 Å². The number of hydrogen-bond acceptors (Lipinski definition) is 4. The van der Waals surface area contributed by atoms with Gasteiger partial charge in [-0.15, -0.1) is 0 Å². The lowest BCUT2D eigenvalue weighted by molar-refractivity contribution is -0.129. The molecule has 1 aromatic rings. The number of carbonyl (C=O) groups is 2. The predicted molar refractivity (Wildman–Crippen MR) is 73.6 cm³/mol. The van der Waals surface area contributed by atoms with E-state index in [-0.39, 0.29) is 18.4 Å². The Morgan fingerprint density at radius 2 is 2.00 bits per heavy atom. The van der Waals surface area contributed by atoms with Gasteiger partial charge in [-0.05, 0) is 26.8 Å². The minimum atomic E-state index is -0.335. The fraction of sp³-hybridized carbons (Fsp3) is 0.462. The number of anilines is 1. The highest BCUT2D eigenvalue weighted by molar-refractivity contribution is 5.97. The zero-order valence-corrected chi connectivity index (χ0v) is 11.6. The SMILES string of the molecule is CCN(CC)C(=O)CNC(=O)c1cc(N)cnc1C. The highest BCUT2D eigenvalue weighted by Gasteiger charge is 2.14. The summed E-state index contributed by atoms with van der Waals surface area (Å²) in [5, 5.41) is 2.59. The van der Waals surface area contributed by atoms with Gasteiger partial charge in [-0.3, -0.25) is 14.6 Å². The summed E-state index contributed by atoms with van der Waals surface area (Å²) in [5.41, 5.74) is 7.00. The molecule has 0 aliphatic rings. The Labute approximate surface area is 113 Å². The number of nitrogens with zero attached hydrogens (tertiary/aromatic N) is 2. The smallest absolute Gasteiger partial charge is 0.253 e. The number of rotatable bonds is 5. The van der Waals surface area contributed by atoms with E-state index >= 15 is 0 Å². The van der Waals surface area contributed by atoms with Gasteiger partial charge in [-0.2, -0.15) is 0 Å². The van der Waals surface area contributed by atoms with E-state index in [1.54, 1.807) is 17.9 Å². The van der Waals surface area contributed by atoms with Gasteiger partial charge in [0.05, 0.1) is 29.7 Å². The molecule has 0 aromatic carbocycles. The van der Waals surface area contributed by atoms with Crippen LogP contribution in [0.15, 0.2) is 12.3 Å². The van der Waals surface area contributed by atoms with Crippen molar-refractivity contribution in [3.8, 4) is 0 Å². The number of pyridine rings is 1. The van der Waals surface area contributed by atoms with Crippen molar-refractivity contribution < 1.29 is 9.59 Å². The molecule has 2 amide bonds. The number of nitrogens with one attached hydrogen (secondary N) is 1. The van der Waals surface area contributed by atoms with Crippen LogP contribution in [-0.4, -0.2) is 41.3 Å². The Morgan fingerprint density at radius 1 is 1.37 bits per heavy atom. The highest BCUT2D eigenvalue weighted by atomic mass is 16.2. The number of likely N-dealkylation sites (N-methyl/N-ethyl adjacent to an activating group) is 1. The molecule has 0 bridgehead atoms. The number of amides is 2.